The van der Waals surface area contributed by atoms with Crippen LogP contribution in [0.1, 0.15) is 24.5 Å². The molecule has 0 fully saturated rings. The van der Waals surface area contributed by atoms with Gasteiger partial charge in [-0.25, -0.2) is 4.79 Å². The van der Waals surface area contributed by atoms with Gasteiger partial charge in [0.05, 0.1) is 6.61 Å². The molecule has 120 valence electrons. The van der Waals surface area contributed by atoms with Crippen molar-refractivity contribution < 1.29 is 9.90 Å². The first kappa shape index (κ1) is 16.4. The maximum Gasteiger partial charge on any atom is 0.317 e. The summed E-state index contributed by atoms with van der Waals surface area (Å²) in [6, 6.07) is 6.24. The third-order valence-corrected chi connectivity index (χ3v) is 3.74. The molecular formula is C17H25N3O2. The van der Waals surface area contributed by atoms with Crippen LogP contribution < -0.4 is 5.32 Å². The van der Waals surface area contributed by atoms with Gasteiger partial charge in [-0.2, -0.15) is 0 Å². The number of aliphatic hydroxyl groups excluding tert-OH is 1. The Labute approximate surface area is 131 Å². The van der Waals surface area contributed by atoms with E-state index in [1.54, 1.807) is 4.90 Å². The first-order valence-corrected chi connectivity index (χ1v) is 7.86. The fourth-order valence-corrected chi connectivity index (χ4v) is 2.63. The molecule has 0 saturated heterocycles. The molecule has 22 heavy (non-hydrogen) atoms. The fourth-order valence-electron chi connectivity index (χ4n) is 2.63. The fraction of sp³-hybridized carbons (Fsp3) is 0.471. The van der Waals surface area contributed by atoms with Gasteiger partial charge in [0.25, 0.3) is 0 Å². The molecule has 1 heterocycles. The van der Waals surface area contributed by atoms with Crippen LogP contribution in [0.4, 0.5) is 4.79 Å². The van der Waals surface area contributed by atoms with Crippen molar-refractivity contribution in [2.24, 2.45) is 0 Å². The van der Waals surface area contributed by atoms with Crippen molar-refractivity contribution in [3.8, 4) is 0 Å². The molecule has 5 heteroatoms. The normalized spacial score (nSPS) is 10.9. The number of carbonyl (C=O) groups excluding carboxylic acids is 1. The van der Waals surface area contributed by atoms with Crippen molar-refractivity contribution in [2.75, 3.05) is 26.2 Å². The quantitative estimate of drug-likeness (QED) is 0.735. The van der Waals surface area contributed by atoms with Crippen molar-refractivity contribution in [3.63, 3.8) is 0 Å². The molecule has 2 amide bonds. The lowest BCUT2D eigenvalue weighted by atomic mass is 10.1. The maximum atomic E-state index is 12.1. The summed E-state index contributed by atoms with van der Waals surface area (Å²) >= 11 is 0. The van der Waals surface area contributed by atoms with E-state index in [1.807, 2.05) is 13.1 Å². The summed E-state index contributed by atoms with van der Waals surface area (Å²) in [5.74, 6) is 0. The molecule has 1 aromatic carbocycles. The van der Waals surface area contributed by atoms with Crippen LogP contribution in [0.5, 0.6) is 0 Å². The number of amides is 2. The van der Waals surface area contributed by atoms with Crippen LogP contribution in [0.3, 0.4) is 0 Å². The standard InChI is InChI=1S/C17H25N3O2/c1-3-8-20(9-10-21)17(22)18-7-6-14-12-19-16-11-13(2)4-5-15(14)16/h4-5,11-12,19,21H,3,6-10H2,1-2H3,(H,18,22). The number of nitrogens with one attached hydrogen (secondary N) is 2. The van der Waals surface area contributed by atoms with Crippen molar-refractivity contribution in [2.45, 2.75) is 26.7 Å². The number of aliphatic hydroxyl groups is 1. The van der Waals surface area contributed by atoms with E-state index in [0.29, 0.717) is 19.6 Å². The molecule has 0 aliphatic heterocycles. The Morgan fingerprint density at radius 3 is 2.91 bits per heavy atom. The Morgan fingerprint density at radius 2 is 2.18 bits per heavy atom. The molecule has 0 saturated carbocycles. The molecule has 3 N–H and O–H groups in total. The summed E-state index contributed by atoms with van der Waals surface area (Å²) in [6.45, 7) is 5.72. The van der Waals surface area contributed by atoms with E-state index in [0.717, 1.165) is 18.4 Å². The van der Waals surface area contributed by atoms with E-state index in [-0.39, 0.29) is 12.6 Å². The zero-order valence-electron chi connectivity index (χ0n) is 13.4. The van der Waals surface area contributed by atoms with E-state index in [9.17, 15) is 4.79 Å². The third-order valence-electron chi connectivity index (χ3n) is 3.74. The van der Waals surface area contributed by atoms with Crippen molar-refractivity contribution in [3.05, 3.63) is 35.5 Å². The topological polar surface area (TPSA) is 68.4 Å². The zero-order chi connectivity index (χ0) is 15.9. The summed E-state index contributed by atoms with van der Waals surface area (Å²) < 4.78 is 0. The lowest BCUT2D eigenvalue weighted by Gasteiger charge is -2.21. The highest BCUT2D eigenvalue weighted by Gasteiger charge is 2.11. The van der Waals surface area contributed by atoms with Crippen LogP contribution in [0.15, 0.2) is 24.4 Å². The second-order valence-corrected chi connectivity index (χ2v) is 5.56. The lowest BCUT2D eigenvalue weighted by Crippen LogP contribution is -2.42. The van der Waals surface area contributed by atoms with Gasteiger partial charge < -0.3 is 20.3 Å². The molecule has 0 aliphatic rings. The number of nitrogens with zero attached hydrogens (tertiary/aromatic N) is 1. The summed E-state index contributed by atoms with van der Waals surface area (Å²) in [5, 5.41) is 13.1. The summed E-state index contributed by atoms with van der Waals surface area (Å²) in [6.07, 6.45) is 3.68. The average molecular weight is 303 g/mol. The number of aromatic nitrogens is 1. The molecule has 0 radical (unpaired) electrons. The first-order valence-electron chi connectivity index (χ1n) is 7.86. The number of benzene rings is 1. The van der Waals surface area contributed by atoms with Gasteiger partial charge in [-0.3, -0.25) is 0 Å². The SMILES string of the molecule is CCCN(CCO)C(=O)NCCc1c[nH]c2cc(C)ccc12. The number of hydrogen-bond acceptors (Lipinski definition) is 2. The second kappa shape index (κ2) is 7.84. The lowest BCUT2D eigenvalue weighted by molar-refractivity contribution is 0.177. The highest BCUT2D eigenvalue weighted by atomic mass is 16.3. The van der Waals surface area contributed by atoms with Crippen molar-refractivity contribution in [1.29, 1.82) is 0 Å². The summed E-state index contributed by atoms with van der Waals surface area (Å²) in [7, 11) is 0. The number of rotatable bonds is 7. The molecule has 1 aromatic heterocycles. The molecule has 2 rings (SSSR count). The maximum absolute atomic E-state index is 12.1. The predicted molar refractivity (Wildman–Crippen MR) is 89.1 cm³/mol. The van der Waals surface area contributed by atoms with Gasteiger partial charge in [0.1, 0.15) is 0 Å². The Bertz CT molecular complexity index is 615. The minimum Gasteiger partial charge on any atom is -0.395 e. The summed E-state index contributed by atoms with van der Waals surface area (Å²) in [4.78, 5) is 17.0. The monoisotopic (exact) mass is 303 g/mol. The highest BCUT2D eigenvalue weighted by molar-refractivity contribution is 5.83. The summed E-state index contributed by atoms with van der Waals surface area (Å²) in [5.41, 5.74) is 3.57. The van der Waals surface area contributed by atoms with E-state index >= 15 is 0 Å². The Hall–Kier alpha value is -2.01. The molecule has 0 unspecified atom stereocenters. The van der Waals surface area contributed by atoms with Crippen molar-refractivity contribution >= 4 is 16.9 Å². The minimum absolute atomic E-state index is 0.00474. The van der Waals surface area contributed by atoms with Gasteiger partial charge in [-0.15, -0.1) is 0 Å². The molecule has 0 spiro atoms. The van der Waals surface area contributed by atoms with Gasteiger partial charge in [-0.05, 0) is 37.0 Å². The predicted octanol–water partition coefficient (Wildman–Crippen LogP) is 2.43. The van der Waals surface area contributed by atoms with Gasteiger partial charge in [0.15, 0.2) is 0 Å². The number of H-pyrrole nitrogens is 1. The molecule has 5 nitrogen and oxygen atoms in total. The smallest absolute Gasteiger partial charge is 0.317 e. The van der Waals surface area contributed by atoms with Gasteiger partial charge in [0, 0.05) is 36.7 Å². The number of carbonyl (C=O) groups is 1. The number of aryl methyl sites for hydroxylation is 1. The number of fused-ring (bicyclic) bond motifs is 1. The van der Waals surface area contributed by atoms with Crippen LogP contribution in [0.2, 0.25) is 0 Å². The minimum atomic E-state index is -0.105. The third kappa shape index (κ3) is 4.01. The molecule has 0 atom stereocenters. The number of hydrogen-bond donors (Lipinski definition) is 3. The Kier molecular flexibility index (Phi) is 5.83. The first-order chi connectivity index (χ1) is 10.7. The van der Waals surface area contributed by atoms with Gasteiger partial charge in [0.2, 0.25) is 0 Å². The highest BCUT2D eigenvalue weighted by Crippen LogP contribution is 2.19. The van der Waals surface area contributed by atoms with E-state index in [1.165, 1.54) is 16.5 Å². The number of aromatic amines is 1. The van der Waals surface area contributed by atoms with Crippen LogP contribution in [0.25, 0.3) is 10.9 Å². The van der Waals surface area contributed by atoms with Gasteiger partial charge >= 0.3 is 6.03 Å². The molecule has 0 aliphatic carbocycles. The Balaban J connectivity index is 1.90. The molecule has 0 bridgehead atoms. The van der Waals surface area contributed by atoms with E-state index in [4.69, 9.17) is 5.11 Å². The van der Waals surface area contributed by atoms with E-state index < -0.39 is 0 Å². The average Bonchev–Trinajstić information content (AvgIpc) is 2.89. The van der Waals surface area contributed by atoms with Crippen LogP contribution in [-0.2, 0) is 6.42 Å². The van der Waals surface area contributed by atoms with Crippen LogP contribution in [-0.4, -0.2) is 47.3 Å². The molecular weight excluding hydrogens is 278 g/mol. The van der Waals surface area contributed by atoms with Crippen LogP contribution in [0, 0.1) is 6.92 Å². The van der Waals surface area contributed by atoms with Crippen molar-refractivity contribution in [1.82, 2.24) is 15.2 Å². The number of urea groups is 1. The largest absolute Gasteiger partial charge is 0.395 e. The second-order valence-electron chi connectivity index (χ2n) is 5.56. The molecule has 2 aromatic rings. The van der Waals surface area contributed by atoms with Gasteiger partial charge in [-0.1, -0.05) is 19.1 Å². The van der Waals surface area contributed by atoms with Crippen LogP contribution >= 0.6 is 0 Å². The Morgan fingerprint density at radius 1 is 1.36 bits per heavy atom. The van der Waals surface area contributed by atoms with E-state index in [2.05, 4.69) is 35.4 Å². The zero-order valence-corrected chi connectivity index (χ0v) is 13.4.